The van der Waals surface area contributed by atoms with Crippen molar-refractivity contribution in [1.82, 2.24) is 0 Å². The fourth-order valence-electron chi connectivity index (χ4n) is 3.03. The molecule has 9 heteroatoms. The van der Waals surface area contributed by atoms with Crippen LogP contribution >= 0.6 is 11.6 Å². The molecule has 0 fully saturated rings. The summed E-state index contributed by atoms with van der Waals surface area (Å²) in [7, 11) is -3.54. The predicted molar refractivity (Wildman–Crippen MR) is 129 cm³/mol. The van der Waals surface area contributed by atoms with Crippen molar-refractivity contribution >= 4 is 44.7 Å². The summed E-state index contributed by atoms with van der Waals surface area (Å²) >= 11 is 5.90. The van der Waals surface area contributed by atoms with Crippen molar-refractivity contribution in [2.24, 2.45) is 0 Å². The Kier molecular flexibility index (Phi) is 7.73. The Morgan fingerprint density at radius 1 is 1.00 bits per heavy atom. The van der Waals surface area contributed by atoms with Crippen LogP contribution in [0.4, 0.5) is 11.4 Å². The maximum atomic E-state index is 12.3. The van der Waals surface area contributed by atoms with Gasteiger partial charge < -0.3 is 10.1 Å². The van der Waals surface area contributed by atoms with Gasteiger partial charge >= 0.3 is 0 Å². The van der Waals surface area contributed by atoms with Gasteiger partial charge in [-0.3, -0.25) is 13.9 Å². The smallest absolute Gasteiger partial charge is 0.262 e. The Hall–Kier alpha value is -3.36. The normalized spacial score (nSPS) is 11.0. The number of amides is 1. The fraction of sp³-hybridized carbons (Fsp3) is 0.167. The van der Waals surface area contributed by atoms with Crippen molar-refractivity contribution in [2.45, 2.75) is 13.5 Å². The number of Topliss-reactive ketones (excluding diaryl/α,β-unsaturated/α-hetero) is 1. The lowest BCUT2D eigenvalue weighted by Crippen LogP contribution is -2.29. The number of carbonyl (C=O) groups excluding carboxylic acids is 2. The number of carbonyl (C=O) groups is 2. The van der Waals surface area contributed by atoms with E-state index in [1.165, 1.54) is 11.2 Å². The predicted octanol–water partition coefficient (Wildman–Crippen LogP) is 4.53. The summed E-state index contributed by atoms with van der Waals surface area (Å²) in [6.45, 7) is 1.36. The molecule has 0 atom stereocenters. The van der Waals surface area contributed by atoms with Crippen molar-refractivity contribution in [3.63, 3.8) is 0 Å². The number of hydrogen-bond donors (Lipinski definition) is 1. The van der Waals surface area contributed by atoms with E-state index in [4.69, 9.17) is 16.3 Å². The lowest BCUT2D eigenvalue weighted by atomic mass is 10.1. The van der Waals surface area contributed by atoms with Gasteiger partial charge in [-0.15, -0.1) is 0 Å². The van der Waals surface area contributed by atoms with Gasteiger partial charge in [0.15, 0.2) is 12.4 Å². The van der Waals surface area contributed by atoms with Crippen LogP contribution in [0.25, 0.3) is 0 Å². The SMILES string of the molecule is CC(=O)c1cccc(NC(=O)COc2ccc(N(Cc3ccc(Cl)cc3)S(C)(=O)=O)cc2)c1. The van der Waals surface area contributed by atoms with Gasteiger partial charge in [0.05, 0.1) is 18.5 Å². The first-order chi connectivity index (χ1) is 15.6. The molecule has 3 aromatic rings. The van der Waals surface area contributed by atoms with Crippen molar-refractivity contribution in [1.29, 1.82) is 0 Å². The molecule has 0 unspecified atom stereocenters. The van der Waals surface area contributed by atoms with Gasteiger partial charge in [-0.1, -0.05) is 35.9 Å². The van der Waals surface area contributed by atoms with E-state index in [2.05, 4.69) is 5.32 Å². The number of sulfonamides is 1. The molecule has 3 rings (SSSR count). The first-order valence-corrected chi connectivity index (χ1v) is 12.2. The molecule has 33 heavy (non-hydrogen) atoms. The Labute approximate surface area is 198 Å². The number of nitrogens with one attached hydrogen (secondary N) is 1. The molecular formula is C24H23ClN2O5S. The zero-order chi connectivity index (χ0) is 24.0. The van der Waals surface area contributed by atoms with E-state index in [9.17, 15) is 18.0 Å². The molecule has 7 nitrogen and oxygen atoms in total. The molecular weight excluding hydrogens is 464 g/mol. The third-order valence-corrected chi connectivity index (χ3v) is 6.08. The molecule has 0 saturated heterocycles. The Morgan fingerprint density at radius 3 is 2.27 bits per heavy atom. The monoisotopic (exact) mass is 486 g/mol. The molecule has 1 amide bonds. The minimum atomic E-state index is -3.54. The molecule has 1 N–H and O–H groups in total. The van der Waals surface area contributed by atoms with Crippen molar-refractivity contribution in [2.75, 3.05) is 22.5 Å². The molecule has 0 aliphatic rings. The number of halogens is 1. The van der Waals surface area contributed by atoms with Gasteiger partial charge in [-0.2, -0.15) is 0 Å². The van der Waals surface area contributed by atoms with Crippen LogP contribution in [0.1, 0.15) is 22.8 Å². The minimum Gasteiger partial charge on any atom is -0.484 e. The number of nitrogens with zero attached hydrogens (tertiary/aromatic N) is 1. The summed E-state index contributed by atoms with van der Waals surface area (Å²) in [5, 5.41) is 3.25. The minimum absolute atomic E-state index is 0.0957. The molecule has 0 aromatic heterocycles. The molecule has 3 aromatic carbocycles. The molecule has 172 valence electrons. The van der Waals surface area contributed by atoms with Crippen LogP contribution in [0.3, 0.4) is 0 Å². The Bertz CT molecular complexity index is 1240. The lowest BCUT2D eigenvalue weighted by Gasteiger charge is -2.23. The van der Waals surface area contributed by atoms with Gasteiger partial charge in [0.2, 0.25) is 10.0 Å². The highest BCUT2D eigenvalue weighted by molar-refractivity contribution is 7.92. The molecule has 0 saturated carbocycles. The highest BCUT2D eigenvalue weighted by Gasteiger charge is 2.18. The third-order valence-electron chi connectivity index (χ3n) is 4.69. The summed E-state index contributed by atoms with van der Waals surface area (Å²) in [6, 6.07) is 20.0. The average Bonchev–Trinajstić information content (AvgIpc) is 2.77. The molecule has 0 radical (unpaired) electrons. The number of ketones is 1. The quantitative estimate of drug-likeness (QED) is 0.449. The van der Waals surface area contributed by atoms with E-state index < -0.39 is 10.0 Å². The van der Waals surface area contributed by atoms with Crippen LogP contribution in [-0.4, -0.2) is 33.0 Å². The number of anilines is 2. The first-order valence-electron chi connectivity index (χ1n) is 9.98. The van der Waals surface area contributed by atoms with Crippen molar-refractivity contribution < 1.29 is 22.7 Å². The second-order valence-corrected chi connectivity index (χ2v) is 9.71. The lowest BCUT2D eigenvalue weighted by molar-refractivity contribution is -0.118. The topological polar surface area (TPSA) is 92.8 Å². The number of ether oxygens (including phenoxy) is 1. The Morgan fingerprint density at radius 2 is 1.67 bits per heavy atom. The second-order valence-electron chi connectivity index (χ2n) is 7.36. The highest BCUT2D eigenvalue weighted by atomic mass is 35.5. The van der Waals surface area contributed by atoms with Crippen molar-refractivity contribution in [3.05, 3.63) is 88.9 Å². The first kappa shape index (κ1) is 24.3. The van der Waals surface area contributed by atoms with Gasteiger partial charge in [-0.25, -0.2) is 8.42 Å². The molecule has 0 bridgehead atoms. The molecule has 0 aliphatic carbocycles. The summed E-state index contributed by atoms with van der Waals surface area (Å²) in [5.74, 6) is -0.0757. The van der Waals surface area contributed by atoms with Crippen LogP contribution in [0.2, 0.25) is 5.02 Å². The zero-order valence-corrected chi connectivity index (χ0v) is 19.7. The number of rotatable bonds is 9. The van der Waals surface area contributed by atoms with E-state index in [0.29, 0.717) is 27.7 Å². The largest absolute Gasteiger partial charge is 0.484 e. The van der Waals surface area contributed by atoms with E-state index >= 15 is 0 Å². The molecule has 0 spiro atoms. The fourth-order valence-corrected chi connectivity index (χ4v) is 4.04. The second kappa shape index (κ2) is 10.5. The van der Waals surface area contributed by atoms with Gasteiger partial charge in [0.25, 0.3) is 5.91 Å². The molecule has 0 heterocycles. The summed E-state index contributed by atoms with van der Waals surface area (Å²) < 4.78 is 31.5. The summed E-state index contributed by atoms with van der Waals surface area (Å²) in [4.78, 5) is 23.6. The van der Waals surface area contributed by atoms with E-state index in [0.717, 1.165) is 11.8 Å². The van der Waals surface area contributed by atoms with E-state index in [1.807, 2.05) is 0 Å². The van der Waals surface area contributed by atoms with Crippen LogP contribution in [0.15, 0.2) is 72.8 Å². The van der Waals surface area contributed by atoms with Gasteiger partial charge in [-0.05, 0) is 61.0 Å². The van der Waals surface area contributed by atoms with Gasteiger partial charge in [0.1, 0.15) is 5.75 Å². The van der Waals surface area contributed by atoms with Crippen LogP contribution in [-0.2, 0) is 21.4 Å². The summed E-state index contributed by atoms with van der Waals surface area (Å²) in [5.41, 5.74) is 2.25. The average molecular weight is 487 g/mol. The van der Waals surface area contributed by atoms with Gasteiger partial charge in [0, 0.05) is 16.3 Å². The van der Waals surface area contributed by atoms with E-state index in [1.54, 1.807) is 72.8 Å². The number of benzene rings is 3. The summed E-state index contributed by atoms with van der Waals surface area (Å²) in [6.07, 6.45) is 1.14. The van der Waals surface area contributed by atoms with Crippen molar-refractivity contribution in [3.8, 4) is 5.75 Å². The maximum absolute atomic E-state index is 12.3. The zero-order valence-electron chi connectivity index (χ0n) is 18.1. The van der Waals surface area contributed by atoms with E-state index in [-0.39, 0.29) is 24.8 Å². The maximum Gasteiger partial charge on any atom is 0.262 e. The highest BCUT2D eigenvalue weighted by Crippen LogP contribution is 2.24. The third kappa shape index (κ3) is 7.06. The standard InChI is InChI=1S/C24H23ClN2O5S/c1-17(28)19-4-3-5-21(14-19)26-24(29)16-32-23-12-10-22(11-13-23)27(33(2,30)31)15-18-6-8-20(25)9-7-18/h3-14H,15-16H2,1-2H3,(H,26,29). The number of hydrogen-bond acceptors (Lipinski definition) is 5. The van der Waals surface area contributed by atoms with Crippen LogP contribution < -0.4 is 14.4 Å². The van der Waals surface area contributed by atoms with Crippen LogP contribution in [0.5, 0.6) is 5.75 Å². The Balaban J connectivity index is 1.63. The molecule has 0 aliphatic heterocycles. The van der Waals surface area contributed by atoms with Crippen LogP contribution in [0, 0.1) is 0 Å².